The van der Waals surface area contributed by atoms with E-state index in [1.54, 1.807) is 30.3 Å². The summed E-state index contributed by atoms with van der Waals surface area (Å²) in [5.74, 6) is -0.636. The van der Waals surface area contributed by atoms with Crippen molar-refractivity contribution in [1.29, 1.82) is 0 Å². The van der Waals surface area contributed by atoms with Gasteiger partial charge in [-0.15, -0.1) is 0 Å². The van der Waals surface area contributed by atoms with E-state index in [4.69, 9.17) is 4.74 Å². The fourth-order valence-electron chi connectivity index (χ4n) is 2.08. The number of hydrogen-bond donors (Lipinski definition) is 0. The van der Waals surface area contributed by atoms with Gasteiger partial charge in [-0.25, -0.2) is 9.59 Å². The number of benzene rings is 2. The highest BCUT2D eigenvalue weighted by molar-refractivity contribution is 5.92. The standard InChI is InChI=1S/C19H20O4/c1-19(2,3)15-10-8-13(9-11-15)18(21)23-16-7-5-6-14(12-16)17(20)22-4/h5-12H,1-4H3. The maximum absolute atomic E-state index is 12.2. The Bertz CT molecular complexity index is 709. The topological polar surface area (TPSA) is 52.6 Å². The van der Waals surface area contributed by atoms with Gasteiger partial charge in [0.05, 0.1) is 18.2 Å². The zero-order chi connectivity index (χ0) is 17.0. The largest absolute Gasteiger partial charge is 0.465 e. The molecular weight excluding hydrogens is 292 g/mol. The highest BCUT2D eigenvalue weighted by atomic mass is 16.5. The Balaban J connectivity index is 2.14. The lowest BCUT2D eigenvalue weighted by atomic mass is 9.87. The average Bonchev–Trinajstić information content (AvgIpc) is 2.53. The van der Waals surface area contributed by atoms with Crippen LogP contribution in [0.25, 0.3) is 0 Å². The summed E-state index contributed by atoms with van der Waals surface area (Å²) < 4.78 is 9.96. The Morgan fingerprint density at radius 3 is 2.09 bits per heavy atom. The minimum Gasteiger partial charge on any atom is -0.465 e. The van der Waals surface area contributed by atoms with Gasteiger partial charge in [-0.05, 0) is 41.3 Å². The van der Waals surface area contributed by atoms with Gasteiger partial charge in [-0.1, -0.05) is 39.0 Å². The van der Waals surface area contributed by atoms with Crippen LogP contribution in [-0.2, 0) is 10.2 Å². The van der Waals surface area contributed by atoms with Gasteiger partial charge in [0.1, 0.15) is 5.75 Å². The number of ether oxygens (including phenoxy) is 2. The first-order valence-corrected chi connectivity index (χ1v) is 7.32. The first-order chi connectivity index (χ1) is 10.8. The summed E-state index contributed by atoms with van der Waals surface area (Å²) in [6.07, 6.45) is 0. The second-order valence-corrected chi connectivity index (χ2v) is 6.24. The first-order valence-electron chi connectivity index (χ1n) is 7.32. The molecule has 0 bridgehead atoms. The molecule has 0 N–H and O–H groups in total. The van der Waals surface area contributed by atoms with Crippen LogP contribution < -0.4 is 4.74 Å². The number of rotatable bonds is 3. The molecule has 0 aliphatic rings. The van der Waals surface area contributed by atoms with Crippen LogP contribution in [0.1, 0.15) is 47.1 Å². The van der Waals surface area contributed by atoms with Gasteiger partial charge in [0, 0.05) is 0 Å². The lowest BCUT2D eigenvalue weighted by molar-refractivity contribution is 0.0597. The number of hydrogen-bond acceptors (Lipinski definition) is 4. The van der Waals surface area contributed by atoms with E-state index < -0.39 is 11.9 Å². The van der Waals surface area contributed by atoms with Crippen molar-refractivity contribution in [3.8, 4) is 5.75 Å². The maximum atomic E-state index is 12.2. The second kappa shape index (κ2) is 6.65. The normalized spacial score (nSPS) is 11.0. The zero-order valence-corrected chi connectivity index (χ0v) is 13.8. The Labute approximate surface area is 136 Å². The van der Waals surface area contributed by atoms with Crippen molar-refractivity contribution in [3.63, 3.8) is 0 Å². The molecule has 0 aliphatic carbocycles. The van der Waals surface area contributed by atoms with Gasteiger partial charge in [0.2, 0.25) is 0 Å². The number of carbonyl (C=O) groups excluding carboxylic acids is 2. The van der Waals surface area contributed by atoms with E-state index in [1.807, 2.05) is 12.1 Å². The van der Waals surface area contributed by atoms with Crippen molar-refractivity contribution in [1.82, 2.24) is 0 Å². The average molecular weight is 312 g/mol. The van der Waals surface area contributed by atoms with Crippen LogP contribution in [0.2, 0.25) is 0 Å². The predicted octanol–water partition coefficient (Wildman–Crippen LogP) is 3.99. The molecule has 0 fully saturated rings. The molecule has 0 radical (unpaired) electrons. The molecule has 0 saturated heterocycles. The molecule has 2 aromatic rings. The molecule has 0 aliphatic heterocycles. The number of esters is 2. The fraction of sp³-hybridized carbons (Fsp3) is 0.263. The molecule has 0 amide bonds. The van der Waals surface area contributed by atoms with Crippen LogP contribution in [0.4, 0.5) is 0 Å². The van der Waals surface area contributed by atoms with Crippen molar-refractivity contribution in [2.75, 3.05) is 7.11 Å². The number of carbonyl (C=O) groups is 2. The van der Waals surface area contributed by atoms with Gasteiger partial charge >= 0.3 is 11.9 Å². The Kier molecular flexibility index (Phi) is 4.84. The van der Waals surface area contributed by atoms with E-state index in [-0.39, 0.29) is 5.41 Å². The molecule has 4 nitrogen and oxygen atoms in total. The van der Waals surface area contributed by atoms with Crippen LogP contribution in [0.3, 0.4) is 0 Å². The third-order valence-corrected chi connectivity index (χ3v) is 3.45. The molecule has 0 spiro atoms. The van der Waals surface area contributed by atoms with Crippen LogP contribution in [-0.4, -0.2) is 19.0 Å². The SMILES string of the molecule is COC(=O)c1cccc(OC(=O)c2ccc(C(C)(C)C)cc2)c1. The Morgan fingerprint density at radius 2 is 1.52 bits per heavy atom. The summed E-state index contributed by atoms with van der Waals surface area (Å²) in [6, 6.07) is 13.7. The highest BCUT2D eigenvalue weighted by Gasteiger charge is 2.15. The molecule has 23 heavy (non-hydrogen) atoms. The second-order valence-electron chi connectivity index (χ2n) is 6.24. The highest BCUT2D eigenvalue weighted by Crippen LogP contribution is 2.23. The Hall–Kier alpha value is -2.62. The molecular formula is C19H20O4. The van der Waals surface area contributed by atoms with E-state index in [2.05, 4.69) is 25.5 Å². The van der Waals surface area contributed by atoms with Crippen LogP contribution in [0.15, 0.2) is 48.5 Å². The van der Waals surface area contributed by atoms with Gasteiger partial charge < -0.3 is 9.47 Å². The van der Waals surface area contributed by atoms with Crippen molar-refractivity contribution in [2.24, 2.45) is 0 Å². The van der Waals surface area contributed by atoms with E-state index >= 15 is 0 Å². The van der Waals surface area contributed by atoms with Crippen LogP contribution in [0, 0.1) is 0 Å². The van der Waals surface area contributed by atoms with Crippen molar-refractivity contribution in [2.45, 2.75) is 26.2 Å². The lowest BCUT2D eigenvalue weighted by Gasteiger charge is -2.18. The van der Waals surface area contributed by atoms with Crippen molar-refractivity contribution < 1.29 is 19.1 Å². The summed E-state index contributed by atoms with van der Waals surface area (Å²) in [5, 5.41) is 0. The smallest absolute Gasteiger partial charge is 0.343 e. The molecule has 0 aromatic heterocycles. The monoisotopic (exact) mass is 312 g/mol. The minimum atomic E-state index is -0.475. The first kappa shape index (κ1) is 16.7. The zero-order valence-electron chi connectivity index (χ0n) is 13.8. The van der Waals surface area contributed by atoms with Crippen LogP contribution >= 0.6 is 0 Å². The van der Waals surface area contributed by atoms with Gasteiger partial charge in [-0.3, -0.25) is 0 Å². The molecule has 2 rings (SSSR count). The van der Waals surface area contributed by atoms with E-state index in [1.165, 1.54) is 13.2 Å². The van der Waals surface area contributed by atoms with Crippen molar-refractivity contribution >= 4 is 11.9 Å². The third-order valence-electron chi connectivity index (χ3n) is 3.45. The third kappa shape index (κ3) is 4.19. The maximum Gasteiger partial charge on any atom is 0.343 e. The minimum absolute atomic E-state index is 0.0251. The van der Waals surface area contributed by atoms with E-state index in [0.717, 1.165) is 5.56 Å². The quantitative estimate of drug-likeness (QED) is 0.635. The summed E-state index contributed by atoms with van der Waals surface area (Å²) in [5.41, 5.74) is 1.96. The molecule has 0 saturated carbocycles. The van der Waals surface area contributed by atoms with Gasteiger partial charge in [0.15, 0.2) is 0 Å². The van der Waals surface area contributed by atoms with Gasteiger partial charge in [-0.2, -0.15) is 0 Å². The molecule has 2 aromatic carbocycles. The molecule has 0 atom stereocenters. The molecule has 0 unspecified atom stereocenters. The van der Waals surface area contributed by atoms with Crippen molar-refractivity contribution in [3.05, 3.63) is 65.2 Å². The number of methoxy groups -OCH3 is 1. The Morgan fingerprint density at radius 1 is 0.870 bits per heavy atom. The summed E-state index contributed by atoms with van der Waals surface area (Å²) in [7, 11) is 1.30. The molecule has 0 heterocycles. The predicted molar refractivity (Wildman–Crippen MR) is 87.9 cm³/mol. The molecule has 120 valence electrons. The summed E-state index contributed by atoms with van der Waals surface area (Å²) in [6.45, 7) is 6.33. The van der Waals surface area contributed by atoms with Crippen LogP contribution in [0.5, 0.6) is 5.75 Å². The van der Waals surface area contributed by atoms with E-state index in [0.29, 0.717) is 16.9 Å². The van der Waals surface area contributed by atoms with E-state index in [9.17, 15) is 9.59 Å². The lowest BCUT2D eigenvalue weighted by Crippen LogP contribution is -2.13. The fourth-order valence-corrected chi connectivity index (χ4v) is 2.08. The van der Waals surface area contributed by atoms with Gasteiger partial charge in [0.25, 0.3) is 0 Å². The summed E-state index contributed by atoms with van der Waals surface area (Å²) in [4.78, 5) is 23.7. The summed E-state index contributed by atoms with van der Waals surface area (Å²) >= 11 is 0. The molecule has 4 heteroatoms.